The predicted octanol–water partition coefficient (Wildman–Crippen LogP) is 5.01. The van der Waals surface area contributed by atoms with Crippen LogP contribution in [-0.2, 0) is 6.61 Å². The fourth-order valence-electron chi connectivity index (χ4n) is 3.29. The van der Waals surface area contributed by atoms with Crippen molar-refractivity contribution in [2.24, 2.45) is 0 Å². The van der Waals surface area contributed by atoms with Gasteiger partial charge in [-0.05, 0) is 36.8 Å². The lowest BCUT2D eigenvalue weighted by Crippen LogP contribution is -2.26. The lowest BCUT2D eigenvalue weighted by atomic mass is 10.1. The fraction of sp³-hybridized carbons (Fsp3) is 0.154. The molecule has 1 amide bonds. The van der Waals surface area contributed by atoms with Crippen LogP contribution in [0.15, 0.2) is 91.1 Å². The molecule has 4 rings (SSSR count). The number of rotatable bonds is 9. The van der Waals surface area contributed by atoms with Gasteiger partial charge in [0.1, 0.15) is 23.6 Å². The van der Waals surface area contributed by atoms with Gasteiger partial charge in [0.25, 0.3) is 5.91 Å². The first-order valence-corrected chi connectivity index (χ1v) is 10.3. The number of carbonyl (C=O) groups excluding carboxylic acids is 1. The predicted molar refractivity (Wildman–Crippen MR) is 121 cm³/mol. The van der Waals surface area contributed by atoms with Crippen molar-refractivity contribution in [2.45, 2.75) is 13.0 Å². The van der Waals surface area contributed by atoms with Crippen molar-refractivity contribution in [1.82, 2.24) is 10.3 Å². The van der Waals surface area contributed by atoms with E-state index in [1.807, 2.05) is 84.9 Å². The van der Waals surface area contributed by atoms with Gasteiger partial charge in [-0.25, -0.2) is 0 Å². The van der Waals surface area contributed by atoms with Crippen molar-refractivity contribution in [1.29, 1.82) is 0 Å². The van der Waals surface area contributed by atoms with Gasteiger partial charge in [-0.15, -0.1) is 0 Å². The van der Waals surface area contributed by atoms with E-state index < -0.39 is 0 Å². The maximum absolute atomic E-state index is 12.7. The van der Waals surface area contributed by atoms with Crippen molar-refractivity contribution in [3.63, 3.8) is 0 Å². The van der Waals surface area contributed by atoms with Crippen molar-refractivity contribution in [2.75, 3.05) is 13.2 Å². The van der Waals surface area contributed by atoms with Crippen LogP contribution in [0.4, 0.5) is 0 Å². The zero-order valence-electron chi connectivity index (χ0n) is 17.2. The Labute approximate surface area is 181 Å². The van der Waals surface area contributed by atoms with Gasteiger partial charge in [0.15, 0.2) is 0 Å². The minimum Gasteiger partial charge on any atom is -0.491 e. The molecule has 0 aliphatic rings. The topological polar surface area (TPSA) is 60.5 Å². The Morgan fingerprint density at radius 3 is 2.55 bits per heavy atom. The summed E-state index contributed by atoms with van der Waals surface area (Å²) < 4.78 is 11.7. The molecule has 0 aliphatic heterocycles. The molecule has 4 aromatic rings. The molecule has 31 heavy (non-hydrogen) atoms. The standard InChI is InChI=1S/C26H24N2O3/c29-26(23-14-5-4-9-21(23)19-31-22-12-2-1-3-13-22)28-17-8-18-30-24-15-6-10-20-11-7-16-27-25(20)24/h1-7,9-16H,8,17-19H2,(H,28,29). The number of benzene rings is 3. The molecular weight excluding hydrogens is 388 g/mol. The first-order chi connectivity index (χ1) is 15.3. The molecule has 0 bridgehead atoms. The van der Waals surface area contributed by atoms with E-state index in [4.69, 9.17) is 9.47 Å². The highest BCUT2D eigenvalue weighted by Gasteiger charge is 2.11. The first kappa shape index (κ1) is 20.4. The van der Waals surface area contributed by atoms with Crippen LogP contribution in [0, 0.1) is 0 Å². The molecule has 1 heterocycles. The molecule has 0 saturated carbocycles. The Morgan fingerprint density at radius 1 is 0.839 bits per heavy atom. The molecule has 0 fully saturated rings. The van der Waals surface area contributed by atoms with E-state index >= 15 is 0 Å². The van der Waals surface area contributed by atoms with E-state index in [1.165, 1.54) is 0 Å². The van der Waals surface area contributed by atoms with Crippen LogP contribution in [0.5, 0.6) is 11.5 Å². The minimum absolute atomic E-state index is 0.112. The summed E-state index contributed by atoms with van der Waals surface area (Å²) >= 11 is 0. The summed E-state index contributed by atoms with van der Waals surface area (Å²) in [5, 5.41) is 4.01. The number of ether oxygens (including phenoxy) is 2. The van der Waals surface area contributed by atoms with Crippen LogP contribution in [0.2, 0.25) is 0 Å². The zero-order chi connectivity index (χ0) is 21.3. The van der Waals surface area contributed by atoms with E-state index in [2.05, 4.69) is 10.3 Å². The monoisotopic (exact) mass is 412 g/mol. The third-order valence-corrected chi connectivity index (χ3v) is 4.86. The van der Waals surface area contributed by atoms with Crippen molar-refractivity contribution < 1.29 is 14.3 Å². The largest absolute Gasteiger partial charge is 0.491 e. The molecule has 5 heteroatoms. The normalized spacial score (nSPS) is 10.6. The molecule has 156 valence electrons. The SMILES string of the molecule is O=C(NCCCOc1cccc2cccnc12)c1ccccc1COc1ccccc1. The number of amides is 1. The van der Waals surface area contributed by atoms with E-state index in [0.717, 1.165) is 28.0 Å². The Morgan fingerprint density at radius 2 is 1.65 bits per heavy atom. The smallest absolute Gasteiger partial charge is 0.251 e. The van der Waals surface area contributed by atoms with Crippen LogP contribution < -0.4 is 14.8 Å². The number of nitrogens with zero attached hydrogens (tertiary/aromatic N) is 1. The molecule has 0 aliphatic carbocycles. The summed E-state index contributed by atoms with van der Waals surface area (Å²) in [7, 11) is 0. The van der Waals surface area contributed by atoms with Crippen LogP contribution in [0.3, 0.4) is 0 Å². The van der Waals surface area contributed by atoms with Gasteiger partial charge < -0.3 is 14.8 Å². The summed E-state index contributed by atoms with van der Waals surface area (Å²) in [6, 6.07) is 26.9. The minimum atomic E-state index is -0.112. The van der Waals surface area contributed by atoms with E-state index in [9.17, 15) is 4.79 Å². The van der Waals surface area contributed by atoms with E-state index in [-0.39, 0.29) is 5.91 Å². The number of fused-ring (bicyclic) bond motifs is 1. The second-order valence-corrected chi connectivity index (χ2v) is 7.05. The first-order valence-electron chi connectivity index (χ1n) is 10.3. The summed E-state index contributed by atoms with van der Waals surface area (Å²) in [5.41, 5.74) is 2.32. The maximum atomic E-state index is 12.7. The van der Waals surface area contributed by atoms with Crippen LogP contribution in [-0.4, -0.2) is 24.0 Å². The number of nitrogens with one attached hydrogen (secondary N) is 1. The lowest BCUT2D eigenvalue weighted by molar-refractivity contribution is 0.0949. The quantitative estimate of drug-likeness (QED) is 0.393. The number of hydrogen-bond acceptors (Lipinski definition) is 4. The van der Waals surface area contributed by atoms with E-state index in [0.29, 0.717) is 31.7 Å². The zero-order valence-corrected chi connectivity index (χ0v) is 17.2. The van der Waals surface area contributed by atoms with Crippen LogP contribution in [0.25, 0.3) is 10.9 Å². The Hall–Kier alpha value is -3.86. The summed E-state index contributed by atoms with van der Waals surface area (Å²) in [4.78, 5) is 17.1. The van der Waals surface area contributed by atoms with Crippen molar-refractivity contribution in [3.05, 3.63) is 102 Å². The maximum Gasteiger partial charge on any atom is 0.251 e. The number of para-hydroxylation sites is 2. The molecule has 1 aromatic heterocycles. The van der Waals surface area contributed by atoms with Gasteiger partial charge in [-0.1, -0.05) is 54.6 Å². The number of carbonyl (C=O) groups is 1. The van der Waals surface area contributed by atoms with Crippen LogP contribution >= 0.6 is 0 Å². The Kier molecular flexibility index (Phi) is 6.75. The summed E-state index contributed by atoms with van der Waals surface area (Å²) in [5.74, 6) is 1.42. The molecule has 0 radical (unpaired) electrons. The third kappa shape index (κ3) is 5.39. The summed E-state index contributed by atoms with van der Waals surface area (Å²) in [6.07, 6.45) is 2.45. The molecule has 3 aromatic carbocycles. The summed E-state index contributed by atoms with van der Waals surface area (Å²) in [6.45, 7) is 1.35. The van der Waals surface area contributed by atoms with E-state index in [1.54, 1.807) is 6.20 Å². The van der Waals surface area contributed by atoms with Crippen molar-refractivity contribution in [3.8, 4) is 11.5 Å². The molecule has 0 spiro atoms. The van der Waals surface area contributed by atoms with Crippen molar-refractivity contribution >= 4 is 16.8 Å². The highest BCUT2D eigenvalue weighted by molar-refractivity contribution is 5.95. The number of aromatic nitrogens is 1. The average Bonchev–Trinajstić information content (AvgIpc) is 2.83. The molecule has 1 N–H and O–H groups in total. The second-order valence-electron chi connectivity index (χ2n) is 7.05. The Bertz CT molecular complexity index is 1140. The number of pyridine rings is 1. The van der Waals surface area contributed by atoms with Gasteiger partial charge in [-0.2, -0.15) is 0 Å². The molecule has 0 atom stereocenters. The van der Waals surface area contributed by atoms with Gasteiger partial charge >= 0.3 is 0 Å². The molecule has 0 saturated heterocycles. The van der Waals surface area contributed by atoms with Gasteiger partial charge in [0.2, 0.25) is 0 Å². The van der Waals surface area contributed by atoms with Gasteiger partial charge in [0.05, 0.1) is 6.61 Å². The van der Waals surface area contributed by atoms with Gasteiger partial charge in [-0.3, -0.25) is 9.78 Å². The molecule has 5 nitrogen and oxygen atoms in total. The Balaban J connectivity index is 1.27. The fourth-order valence-corrected chi connectivity index (χ4v) is 3.29. The second kappa shape index (κ2) is 10.3. The lowest BCUT2D eigenvalue weighted by Gasteiger charge is -2.12. The third-order valence-electron chi connectivity index (χ3n) is 4.86. The highest BCUT2D eigenvalue weighted by Crippen LogP contribution is 2.23. The molecular formula is C26H24N2O3. The molecule has 0 unspecified atom stereocenters. The van der Waals surface area contributed by atoms with Gasteiger partial charge in [0, 0.05) is 29.3 Å². The average molecular weight is 412 g/mol. The highest BCUT2D eigenvalue weighted by atomic mass is 16.5. The number of hydrogen-bond donors (Lipinski definition) is 1. The van der Waals surface area contributed by atoms with Crippen LogP contribution in [0.1, 0.15) is 22.3 Å².